The van der Waals surface area contributed by atoms with Crippen molar-refractivity contribution in [3.8, 4) is 12.3 Å². The van der Waals surface area contributed by atoms with Crippen molar-refractivity contribution in [1.29, 1.82) is 0 Å². The average Bonchev–Trinajstić information content (AvgIpc) is 3.24. The zero-order valence-electron chi connectivity index (χ0n) is 16.8. The van der Waals surface area contributed by atoms with Crippen molar-refractivity contribution in [2.75, 3.05) is 24.7 Å². The number of terminal acetylenes is 1. The van der Waals surface area contributed by atoms with E-state index in [4.69, 9.17) is 16.9 Å². The quantitative estimate of drug-likeness (QED) is 0.388. The summed E-state index contributed by atoms with van der Waals surface area (Å²) in [4.78, 5) is 50.4. The molecule has 1 aliphatic heterocycles. The lowest BCUT2D eigenvalue weighted by Crippen LogP contribution is -2.58. The van der Waals surface area contributed by atoms with Gasteiger partial charge in [0.25, 0.3) is 0 Å². The van der Waals surface area contributed by atoms with E-state index < -0.39 is 29.9 Å². The number of nitrogens with one attached hydrogen (secondary N) is 1. The van der Waals surface area contributed by atoms with E-state index in [2.05, 4.69) is 11.2 Å². The van der Waals surface area contributed by atoms with Crippen LogP contribution in [0.25, 0.3) is 0 Å². The highest BCUT2D eigenvalue weighted by molar-refractivity contribution is 8.00. The smallest absolute Gasteiger partial charge is 0.243 e. The lowest BCUT2D eigenvalue weighted by molar-refractivity contribution is -0.301. The van der Waals surface area contributed by atoms with E-state index in [9.17, 15) is 24.3 Å². The van der Waals surface area contributed by atoms with Crippen LogP contribution in [0.3, 0.4) is 0 Å². The molecule has 0 unspecified atom stereocenters. The van der Waals surface area contributed by atoms with Gasteiger partial charge in [-0.1, -0.05) is 12.0 Å². The zero-order chi connectivity index (χ0) is 22.8. The largest absolute Gasteiger partial charge is 0.549 e. The molecule has 1 aliphatic rings. The minimum atomic E-state index is -1.27. The summed E-state index contributed by atoms with van der Waals surface area (Å²) in [7, 11) is 0. The van der Waals surface area contributed by atoms with Crippen LogP contribution in [-0.4, -0.2) is 71.4 Å². The van der Waals surface area contributed by atoms with Crippen LogP contribution in [0.2, 0.25) is 0 Å². The number of hydrogen-bond donors (Lipinski definition) is 2. The maximum atomic E-state index is 13.0. The van der Waals surface area contributed by atoms with Gasteiger partial charge in [0.1, 0.15) is 18.7 Å². The van der Waals surface area contributed by atoms with Crippen molar-refractivity contribution < 1.29 is 29.0 Å². The second-order valence-corrected chi connectivity index (χ2v) is 8.89. The number of carboxylic acid groups (broad SMARTS) is 1. The number of primary amides is 1. The number of carbonyl (C=O) groups is 4. The molecule has 9 nitrogen and oxygen atoms in total. The molecule has 0 aromatic carbocycles. The van der Waals surface area contributed by atoms with Gasteiger partial charge in [0.2, 0.25) is 17.7 Å². The molecule has 0 saturated carbocycles. The Balaban J connectivity index is 2.10. The Labute approximate surface area is 188 Å². The predicted octanol–water partition coefficient (Wildman–Crippen LogP) is -1.25. The number of ether oxygens (including phenoxy) is 1. The highest BCUT2D eigenvalue weighted by Gasteiger charge is 2.37. The molecule has 0 bridgehead atoms. The molecule has 1 aromatic rings. The number of likely N-dealkylation sites (tertiary alicyclic amines) is 1. The number of thioether (sulfide) groups is 1. The second kappa shape index (κ2) is 12.3. The van der Waals surface area contributed by atoms with Crippen molar-refractivity contribution in [2.45, 2.75) is 37.5 Å². The first-order chi connectivity index (χ1) is 14.8. The standard InChI is InChI=1S/C20H25N3O6S2/c1-2-7-29-13-5-6-23(17(24)11-30-12-18(25)26)16(9-13)20(28)22-15(19(21)27)10-14-4-3-8-31-14/h1,3-4,8,13,15-16H,5-7,9-12H2,(H2,21,27)(H,22,28)(H,25,26)/p-1/t13-,15+,16+/m1/s1. The maximum absolute atomic E-state index is 13.0. The summed E-state index contributed by atoms with van der Waals surface area (Å²) in [6, 6.07) is 1.85. The third kappa shape index (κ3) is 7.90. The van der Waals surface area contributed by atoms with Crippen LogP contribution in [0, 0.1) is 12.3 Å². The van der Waals surface area contributed by atoms with E-state index in [1.54, 1.807) is 0 Å². The number of rotatable bonds is 11. The van der Waals surface area contributed by atoms with Gasteiger partial charge >= 0.3 is 0 Å². The number of piperidine rings is 1. The van der Waals surface area contributed by atoms with E-state index in [0.717, 1.165) is 16.6 Å². The van der Waals surface area contributed by atoms with Crippen LogP contribution in [0.15, 0.2) is 17.5 Å². The molecule has 0 aliphatic carbocycles. The molecule has 0 radical (unpaired) electrons. The summed E-state index contributed by atoms with van der Waals surface area (Å²) < 4.78 is 5.56. The van der Waals surface area contributed by atoms with E-state index in [1.165, 1.54) is 16.2 Å². The predicted molar refractivity (Wildman–Crippen MR) is 115 cm³/mol. The highest BCUT2D eigenvalue weighted by atomic mass is 32.2. The van der Waals surface area contributed by atoms with Gasteiger partial charge in [0, 0.05) is 30.0 Å². The Hall–Kier alpha value is -2.55. The van der Waals surface area contributed by atoms with Crippen LogP contribution in [-0.2, 0) is 30.3 Å². The molecule has 31 heavy (non-hydrogen) atoms. The Morgan fingerprint density at radius 2 is 2.19 bits per heavy atom. The molecule has 0 spiro atoms. The third-order valence-corrected chi connectivity index (χ3v) is 6.46. The Bertz CT molecular complexity index is 823. The lowest BCUT2D eigenvalue weighted by atomic mass is 9.97. The van der Waals surface area contributed by atoms with Crippen molar-refractivity contribution >= 4 is 46.8 Å². The monoisotopic (exact) mass is 466 g/mol. The van der Waals surface area contributed by atoms with Crippen LogP contribution in [0.5, 0.6) is 0 Å². The van der Waals surface area contributed by atoms with Crippen LogP contribution in [0.4, 0.5) is 0 Å². The normalized spacial score (nSPS) is 19.3. The highest BCUT2D eigenvalue weighted by Crippen LogP contribution is 2.22. The van der Waals surface area contributed by atoms with Gasteiger partial charge in [-0.25, -0.2) is 0 Å². The topological polar surface area (TPSA) is 142 Å². The average molecular weight is 467 g/mol. The second-order valence-electron chi connectivity index (χ2n) is 6.88. The molecular formula is C20H24N3O6S2-. The van der Waals surface area contributed by atoms with Crippen LogP contribution < -0.4 is 16.2 Å². The van der Waals surface area contributed by atoms with Gasteiger partial charge in [-0.15, -0.1) is 29.5 Å². The summed E-state index contributed by atoms with van der Waals surface area (Å²) in [5.74, 6) is -0.910. The molecule has 3 amide bonds. The van der Waals surface area contributed by atoms with E-state index in [0.29, 0.717) is 6.42 Å². The minimum absolute atomic E-state index is 0.0801. The fourth-order valence-corrected chi connectivity index (χ4v) is 4.58. The third-order valence-electron chi connectivity index (χ3n) is 4.67. The molecule has 168 valence electrons. The van der Waals surface area contributed by atoms with E-state index >= 15 is 0 Å². The van der Waals surface area contributed by atoms with Gasteiger partial charge in [-0.05, 0) is 17.9 Å². The van der Waals surface area contributed by atoms with Crippen LogP contribution in [0.1, 0.15) is 17.7 Å². The zero-order valence-corrected chi connectivity index (χ0v) is 18.4. The molecule has 3 atom stereocenters. The SMILES string of the molecule is C#CCO[C@@H]1CCN(C(=O)CSCC(=O)[O-])[C@H](C(=O)N[C@@H](Cc2cccs2)C(N)=O)C1. The molecule has 1 saturated heterocycles. The summed E-state index contributed by atoms with van der Waals surface area (Å²) in [5, 5.41) is 15.1. The van der Waals surface area contributed by atoms with Crippen molar-refractivity contribution in [1.82, 2.24) is 10.2 Å². The summed E-state index contributed by atoms with van der Waals surface area (Å²) in [6.07, 6.45) is 5.84. The van der Waals surface area contributed by atoms with E-state index in [1.807, 2.05) is 17.5 Å². The fraction of sp³-hybridized carbons (Fsp3) is 0.500. The molecular weight excluding hydrogens is 442 g/mol. The first-order valence-electron chi connectivity index (χ1n) is 9.56. The summed E-state index contributed by atoms with van der Waals surface area (Å²) in [6.45, 7) is 0.320. The van der Waals surface area contributed by atoms with Crippen LogP contribution >= 0.6 is 23.1 Å². The van der Waals surface area contributed by atoms with Crippen molar-refractivity contribution in [3.05, 3.63) is 22.4 Å². The fourth-order valence-electron chi connectivity index (χ4n) is 3.22. The van der Waals surface area contributed by atoms with Gasteiger partial charge < -0.3 is 30.6 Å². The number of carbonyl (C=O) groups excluding carboxylic acids is 4. The minimum Gasteiger partial charge on any atom is -0.549 e. The van der Waals surface area contributed by atoms with Crippen molar-refractivity contribution in [3.63, 3.8) is 0 Å². The van der Waals surface area contributed by atoms with Gasteiger partial charge in [-0.2, -0.15) is 0 Å². The Kier molecular flexibility index (Phi) is 9.84. The maximum Gasteiger partial charge on any atom is 0.243 e. The lowest BCUT2D eigenvalue weighted by Gasteiger charge is -2.38. The number of carboxylic acids is 1. The van der Waals surface area contributed by atoms with E-state index in [-0.39, 0.29) is 49.5 Å². The molecule has 2 rings (SSSR count). The first-order valence-corrected chi connectivity index (χ1v) is 11.6. The molecule has 1 aromatic heterocycles. The molecule has 3 N–H and O–H groups in total. The number of amides is 3. The summed E-state index contributed by atoms with van der Waals surface area (Å²) in [5.41, 5.74) is 5.47. The number of aliphatic carboxylic acids is 1. The summed E-state index contributed by atoms with van der Waals surface area (Å²) >= 11 is 2.34. The van der Waals surface area contributed by atoms with Gasteiger partial charge in [0.05, 0.1) is 17.8 Å². The number of nitrogens with zero attached hydrogens (tertiary/aromatic N) is 1. The Morgan fingerprint density at radius 1 is 1.42 bits per heavy atom. The van der Waals surface area contributed by atoms with Crippen molar-refractivity contribution in [2.24, 2.45) is 5.73 Å². The molecule has 11 heteroatoms. The number of thiophene rings is 1. The molecule has 2 heterocycles. The number of hydrogen-bond acceptors (Lipinski definition) is 8. The Morgan fingerprint density at radius 3 is 2.81 bits per heavy atom. The number of nitrogens with two attached hydrogens (primary N) is 1. The van der Waals surface area contributed by atoms with Gasteiger partial charge in [0.15, 0.2) is 0 Å². The first kappa shape index (κ1) is 24.7. The van der Waals surface area contributed by atoms with Gasteiger partial charge in [-0.3, -0.25) is 14.4 Å². The molecule has 1 fully saturated rings.